The average molecular weight is 462 g/mol. The number of carboxylic acids is 1. The maximum Gasteiger partial charge on any atom is 0.416 e. The smallest absolute Gasteiger partial charge is 0.416 e. The van der Waals surface area contributed by atoms with Crippen LogP contribution in [0.3, 0.4) is 0 Å². The first kappa shape index (κ1) is 22.6. The molecule has 2 aromatic rings. The maximum atomic E-state index is 13.5. The van der Waals surface area contributed by atoms with Crippen molar-refractivity contribution in [2.24, 2.45) is 5.92 Å². The van der Waals surface area contributed by atoms with Crippen LogP contribution in [0.25, 0.3) is 0 Å². The van der Waals surface area contributed by atoms with Gasteiger partial charge in [-0.15, -0.1) is 0 Å². The number of allylic oxidation sites excluding steroid dienone is 1. The molecule has 1 fully saturated rings. The molecule has 0 bridgehead atoms. The van der Waals surface area contributed by atoms with Gasteiger partial charge in [0.25, 0.3) is 11.8 Å². The Balaban J connectivity index is 1.64. The van der Waals surface area contributed by atoms with Crippen LogP contribution >= 0.6 is 0 Å². The number of carbonyl (C=O) groups excluding carboxylic acids is 2. The molecule has 0 saturated heterocycles. The van der Waals surface area contributed by atoms with Gasteiger partial charge in [-0.1, -0.05) is 25.0 Å². The molecule has 1 aliphatic carbocycles. The normalized spacial score (nSPS) is 16.9. The Kier molecular flexibility index (Phi) is 5.96. The number of benzene rings is 1. The summed E-state index contributed by atoms with van der Waals surface area (Å²) in [6.07, 6.45) is 1.93. The van der Waals surface area contributed by atoms with Crippen molar-refractivity contribution in [1.29, 1.82) is 0 Å². The van der Waals surface area contributed by atoms with Crippen molar-refractivity contribution in [2.75, 3.05) is 5.32 Å². The fourth-order valence-corrected chi connectivity index (χ4v) is 4.26. The molecule has 0 spiro atoms. The fraction of sp³-hybridized carbons (Fsp3) is 0.364. The van der Waals surface area contributed by atoms with Gasteiger partial charge in [0, 0.05) is 17.8 Å². The van der Waals surface area contributed by atoms with Gasteiger partial charge in [-0.25, -0.2) is 0 Å². The van der Waals surface area contributed by atoms with E-state index in [0.29, 0.717) is 0 Å². The van der Waals surface area contributed by atoms with Crippen molar-refractivity contribution in [2.45, 2.75) is 44.9 Å². The molecule has 2 N–H and O–H groups in total. The number of halogens is 3. The summed E-state index contributed by atoms with van der Waals surface area (Å²) in [5, 5.41) is 15.4. The summed E-state index contributed by atoms with van der Waals surface area (Å²) in [6.45, 7) is -0.774. The molecule has 2 amide bonds. The van der Waals surface area contributed by atoms with Crippen LogP contribution in [0.1, 0.15) is 47.2 Å². The van der Waals surface area contributed by atoms with E-state index in [0.717, 1.165) is 41.3 Å². The minimum absolute atomic E-state index is 0.0221. The summed E-state index contributed by atoms with van der Waals surface area (Å²) < 4.78 is 41.6. The largest absolute Gasteiger partial charge is 0.480 e. The lowest BCUT2D eigenvalue weighted by Crippen LogP contribution is -2.32. The van der Waals surface area contributed by atoms with Crippen LogP contribution in [0.2, 0.25) is 0 Å². The second-order valence-corrected chi connectivity index (χ2v) is 8.06. The lowest BCUT2D eigenvalue weighted by Gasteiger charge is -2.21. The molecular weight excluding hydrogens is 441 g/mol. The third-order valence-electron chi connectivity index (χ3n) is 5.77. The molecular formula is C22H21F3N4O4. The Bertz CT molecular complexity index is 1130. The minimum atomic E-state index is -4.63. The van der Waals surface area contributed by atoms with Gasteiger partial charge in [0.05, 0.1) is 12.1 Å². The predicted octanol–water partition coefficient (Wildman–Crippen LogP) is 3.66. The third kappa shape index (κ3) is 4.76. The first-order valence-electron chi connectivity index (χ1n) is 10.4. The highest BCUT2D eigenvalue weighted by Gasteiger charge is 2.41. The Hall–Kier alpha value is -3.63. The van der Waals surface area contributed by atoms with E-state index >= 15 is 0 Å². The standard InChI is InChI=1S/C22H21F3N4O4/c23-22(24,25)16-7-3-6-14-15(16)11-29(21(14)33)17(10-13-4-1-2-5-13)20(32)26-18-8-9-28(27-18)12-19(30)31/h3,6-10,13H,1-2,4-5,11-12H2,(H,30,31)(H,26,27,32)/b17-10+. The van der Waals surface area contributed by atoms with E-state index in [1.165, 1.54) is 24.4 Å². The van der Waals surface area contributed by atoms with Gasteiger partial charge < -0.3 is 10.4 Å². The molecule has 33 heavy (non-hydrogen) atoms. The molecule has 2 heterocycles. The van der Waals surface area contributed by atoms with Crippen molar-refractivity contribution < 1.29 is 32.7 Å². The lowest BCUT2D eigenvalue weighted by atomic mass is 10.0. The average Bonchev–Trinajstić information content (AvgIpc) is 3.46. The van der Waals surface area contributed by atoms with Crippen molar-refractivity contribution in [3.63, 3.8) is 0 Å². The highest BCUT2D eigenvalue weighted by molar-refractivity contribution is 6.09. The number of hydrogen-bond acceptors (Lipinski definition) is 4. The summed E-state index contributed by atoms with van der Waals surface area (Å²) in [5.74, 6) is -2.39. The number of alkyl halides is 3. The predicted molar refractivity (Wildman–Crippen MR) is 110 cm³/mol. The van der Waals surface area contributed by atoms with Gasteiger partial charge in [0.2, 0.25) is 0 Å². The number of fused-ring (bicyclic) bond motifs is 1. The monoisotopic (exact) mass is 462 g/mol. The molecule has 1 aliphatic heterocycles. The summed E-state index contributed by atoms with van der Waals surface area (Å²) >= 11 is 0. The Morgan fingerprint density at radius 1 is 1.21 bits per heavy atom. The number of hydrogen-bond donors (Lipinski definition) is 2. The van der Waals surface area contributed by atoms with Crippen LogP contribution in [0, 0.1) is 5.92 Å². The van der Waals surface area contributed by atoms with Crippen LogP contribution in [0.4, 0.5) is 19.0 Å². The molecule has 0 unspecified atom stereocenters. The summed E-state index contributed by atoms with van der Waals surface area (Å²) in [7, 11) is 0. The molecule has 1 aromatic carbocycles. The van der Waals surface area contributed by atoms with Crippen LogP contribution in [0.5, 0.6) is 0 Å². The highest BCUT2D eigenvalue weighted by atomic mass is 19.4. The van der Waals surface area contributed by atoms with Gasteiger partial charge in [0.15, 0.2) is 5.82 Å². The Morgan fingerprint density at radius 2 is 1.94 bits per heavy atom. The third-order valence-corrected chi connectivity index (χ3v) is 5.77. The van der Waals surface area contributed by atoms with E-state index in [1.807, 2.05) is 0 Å². The van der Waals surface area contributed by atoms with Crippen molar-refractivity contribution in [1.82, 2.24) is 14.7 Å². The molecule has 8 nitrogen and oxygen atoms in total. The number of aromatic nitrogens is 2. The van der Waals surface area contributed by atoms with Crippen LogP contribution in [-0.4, -0.2) is 37.6 Å². The number of nitrogens with one attached hydrogen (secondary N) is 1. The van der Waals surface area contributed by atoms with E-state index in [4.69, 9.17) is 5.11 Å². The second-order valence-electron chi connectivity index (χ2n) is 8.06. The number of carboxylic acid groups (broad SMARTS) is 1. The minimum Gasteiger partial charge on any atom is -0.480 e. The summed E-state index contributed by atoms with van der Waals surface area (Å²) in [6, 6.07) is 4.83. The van der Waals surface area contributed by atoms with Gasteiger partial charge in [-0.3, -0.25) is 24.0 Å². The maximum absolute atomic E-state index is 13.5. The van der Waals surface area contributed by atoms with E-state index in [1.54, 1.807) is 6.08 Å². The zero-order valence-corrected chi connectivity index (χ0v) is 17.4. The number of anilines is 1. The zero-order chi connectivity index (χ0) is 23.8. The van der Waals surface area contributed by atoms with Crippen LogP contribution < -0.4 is 5.32 Å². The molecule has 11 heteroatoms. The van der Waals surface area contributed by atoms with Gasteiger partial charge in [-0.05, 0) is 36.5 Å². The number of carbonyl (C=O) groups is 3. The molecule has 0 radical (unpaired) electrons. The summed E-state index contributed by atoms with van der Waals surface area (Å²) in [4.78, 5) is 38.1. The molecule has 4 rings (SSSR count). The van der Waals surface area contributed by atoms with E-state index < -0.39 is 36.1 Å². The SMILES string of the molecule is O=C(O)Cn1ccc(NC(=O)/C(=C\C2CCCC2)N2Cc3c(cccc3C(F)(F)F)C2=O)n1. The number of nitrogens with zero attached hydrogens (tertiary/aromatic N) is 3. The van der Waals surface area contributed by atoms with E-state index in [-0.39, 0.29) is 35.1 Å². The van der Waals surface area contributed by atoms with Crippen LogP contribution in [-0.2, 0) is 28.9 Å². The molecule has 174 valence electrons. The first-order chi connectivity index (χ1) is 15.6. The fourth-order valence-electron chi connectivity index (χ4n) is 4.26. The quantitative estimate of drug-likeness (QED) is 0.638. The van der Waals surface area contributed by atoms with Crippen LogP contribution in [0.15, 0.2) is 42.2 Å². The van der Waals surface area contributed by atoms with Gasteiger partial charge >= 0.3 is 12.1 Å². The lowest BCUT2D eigenvalue weighted by molar-refractivity contribution is -0.139. The first-order valence-corrected chi connectivity index (χ1v) is 10.4. The van der Waals surface area contributed by atoms with E-state index in [2.05, 4.69) is 10.4 Å². The molecule has 1 aromatic heterocycles. The van der Waals surface area contributed by atoms with Gasteiger partial charge in [0.1, 0.15) is 12.2 Å². The number of amides is 2. The number of rotatable bonds is 6. The molecule has 1 saturated carbocycles. The van der Waals surface area contributed by atoms with E-state index in [9.17, 15) is 27.6 Å². The summed E-state index contributed by atoms with van der Waals surface area (Å²) in [5.41, 5.74) is -1.18. The number of aliphatic carboxylic acids is 1. The molecule has 0 atom stereocenters. The highest BCUT2D eigenvalue weighted by Crippen LogP contribution is 2.38. The van der Waals surface area contributed by atoms with Crippen molar-refractivity contribution in [3.05, 3.63) is 58.9 Å². The topological polar surface area (TPSA) is 105 Å². The Morgan fingerprint density at radius 3 is 2.61 bits per heavy atom. The van der Waals surface area contributed by atoms with Gasteiger partial charge in [-0.2, -0.15) is 18.3 Å². The van der Waals surface area contributed by atoms with Crippen molar-refractivity contribution >= 4 is 23.6 Å². The second kappa shape index (κ2) is 8.72. The van der Waals surface area contributed by atoms with Crippen molar-refractivity contribution in [3.8, 4) is 0 Å². The zero-order valence-electron chi connectivity index (χ0n) is 17.4. The molecule has 2 aliphatic rings. The Labute approximate surface area is 186 Å².